The number of hydrogen-bond acceptors (Lipinski definition) is 3. The van der Waals surface area contributed by atoms with Gasteiger partial charge < -0.3 is 5.32 Å². The maximum Gasteiger partial charge on any atom is 0.144 e. The van der Waals surface area contributed by atoms with Crippen LogP contribution in [0.3, 0.4) is 0 Å². The van der Waals surface area contributed by atoms with Gasteiger partial charge in [0.2, 0.25) is 0 Å². The molecule has 13 heavy (non-hydrogen) atoms. The maximum absolute atomic E-state index is 4.18. The van der Waals surface area contributed by atoms with Crippen LogP contribution in [0, 0.1) is 0 Å². The van der Waals surface area contributed by atoms with Gasteiger partial charge in [-0.3, -0.25) is 0 Å². The molecule has 1 N–H and O–H groups in total. The number of nitrogens with one attached hydrogen (secondary N) is 1. The Morgan fingerprint density at radius 2 is 2.23 bits per heavy atom. The summed E-state index contributed by atoms with van der Waals surface area (Å²) in [5, 5.41) is 3.28. The first-order chi connectivity index (χ1) is 6.22. The molecule has 1 aromatic heterocycles. The second kappa shape index (κ2) is 5.17. The summed E-state index contributed by atoms with van der Waals surface area (Å²) in [6.07, 6.45) is 5.76. The lowest BCUT2D eigenvalue weighted by Gasteiger charge is -2.12. The predicted molar refractivity (Wildman–Crippen MR) is 57.7 cm³/mol. The van der Waals surface area contributed by atoms with Gasteiger partial charge in [0.15, 0.2) is 0 Å². The number of aromatic nitrogens is 2. The topological polar surface area (TPSA) is 37.8 Å². The molecular weight excluding hydrogens is 230 g/mol. The van der Waals surface area contributed by atoms with Gasteiger partial charge in [-0.1, -0.05) is 13.3 Å². The molecule has 4 heteroatoms. The molecule has 0 saturated heterocycles. The first-order valence-electron chi connectivity index (χ1n) is 4.46. The lowest BCUT2D eigenvalue weighted by atomic mass is 10.2. The second-order valence-electron chi connectivity index (χ2n) is 3.06. The molecule has 3 nitrogen and oxygen atoms in total. The highest BCUT2D eigenvalue weighted by Crippen LogP contribution is 2.08. The Labute approximate surface area is 87.1 Å². The molecule has 0 aliphatic carbocycles. The Bertz CT molecular complexity index is 248. The Morgan fingerprint density at radius 1 is 1.46 bits per heavy atom. The van der Waals surface area contributed by atoms with Crippen LogP contribution < -0.4 is 5.32 Å². The van der Waals surface area contributed by atoms with Crippen molar-refractivity contribution >= 4 is 21.7 Å². The SMILES string of the molecule is CCCC(C)Nc1cnc(Br)cn1. The van der Waals surface area contributed by atoms with E-state index in [4.69, 9.17) is 0 Å². The number of hydrogen-bond donors (Lipinski definition) is 1. The number of nitrogens with zero attached hydrogens (tertiary/aromatic N) is 2. The number of rotatable bonds is 4. The summed E-state index contributed by atoms with van der Waals surface area (Å²) in [5.74, 6) is 0.837. The zero-order chi connectivity index (χ0) is 9.68. The van der Waals surface area contributed by atoms with Gasteiger partial charge in [-0.05, 0) is 29.3 Å². The highest BCUT2D eigenvalue weighted by Gasteiger charge is 2.00. The smallest absolute Gasteiger partial charge is 0.144 e. The van der Waals surface area contributed by atoms with Crippen molar-refractivity contribution in [2.24, 2.45) is 0 Å². The molecule has 0 spiro atoms. The van der Waals surface area contributed by atoms with E-state index in [1.54, 1.807) is 12.4 Å². The Hall–Kier alpha value is -0.640. The van der Waals surface area contributed by atoms with Crippen molar-refractivity contribution < 1.29 is 0 Å². The van der Waals surface area contributed by atoms with Gasteiger partial charge in [0, 0.05) is 6.04 Å². The van der Waals surface area contributed by atoms with E-state index in [1.165, 1.54) is 6.42 Å². The summed E-state index contributed by atoms with van der Waals surface area (Å²) in [6, 6.07) is 0.459. The van der Waals surface area contributed by atoms with Gasteiger partial charge in [0.25, 0.3) is 0 Å². The summed E-state index contributed by atoms with van der Waals surface area (Å²) >= 11 is 3.24. The van der Waals surface area contributed by atoms with Crippen molar-refractivity contribution in [3.8, 4) is 0 Å². The summed E-state index contributed by atoms with van der Waals surface area (Å²) in [6.45, 7) is 4.32. The molecule has 0 amide bonds. The van der Waals surface area contributed by atoms with Crippen LogP contribution in [0.5, 0.6) is 0 Å². The molecule has 0 aliphatic heterocycles. The van der Waals surface area contributed by atoms with Crippen LogP contribution in [0.2, 0.25) is 0 Å². The van der Waals surface area contributed by atoms with Gasteiger partial charge >= 0.3 is 0 Å². The fourth-order valence-corrected chi connectivity index (χ4v) is 1.35. The quantitative estimate of drug-likeness (QED) is 0.884. The van der Waals surface area contributed by atoms with Gasteiger partial charge in [-0.25, -0.2) is 9.97 Å². The fourth-order valence-electron chi connectivity index (χ4n) is 1.14. The second-order valence-corrected chi connectivity index (χ2v) is 3.87. The highest BCUT2D eigenvalue weighted by molar-refractivity contribution is 9.10. The zero-order valence-corrected chi connectivity index (χ0v) is 9.50. The summed E-state index contributed by atoms with van der Waals surface area (Å²) in [7, 11) is 0. The molecule has 1 unspecified atom stereocenters. The minimum Gasteiger partial charge on any atom is -0.366 e. The maximum atomic E-state index is 4.18. The minimum atomic E-state index is 0.459. The van der Waals surface area contributed by atoms with Gasteiger partial charge in [0.05, 0.1) is 12.4 Å². The molecule has 0 radical (unpaired) electrons. The van der Waals surface area contributed by atoms with Crippen LogP contribution in [-0.2, 0) is 0 Å². The van der Waals surface area contributed by atoms with Gasteiger partial charge in [-0.15, -0.1) is 0 Å². The molecule has 0 saturated carbocycles. The van der Waals surface area contributed by atoms with Crippen molar-refractivity contribution in [3.63, 3.8) is 0 Å². The third kappa shape index (κ3) is 3.72. The van der Waals surface area contributed by atoms with E-state index in [0.29, 0.717) is 6.04 Å². The zero-order valence-electron chi connectivity index (χ0n) is 7.92. The number of anilines is 1. The fraction of sp³-hybridized carbons (Fsp3) is 0.556. The monoisotopic (exact) mass is 243 g/mol. The van der Waals surface area contributed by atoms with Crippen LogP contribution in [0.25, 0.3) is 0 Å². The van der Waals surface area contributed by atoms with Crippen LogP contribution in [0.15, 0.2) is 17.0 Å². The van der Waals surface area contributed by atoms with Crippen molar-refractivity contribution in [2.45, 2.75) is 32.7 Å². The Kier molecular flexibility index (Phi) is 4.15. The highest BCUT2D eigenvalue weighted by atomic mass is 79.9. The van der Waals surface area contributed by atoms with Crippen LogP contribution >= 0.6 is 15.9 Å². The average Bonchev–Trinajstić information content (AvgIpc) is 2.09. The Balaban J connectivity index is 2.49. The third-order valence-corrected chi connectivity index (χ3v) is 2.15. The molecule has 1 heterocycles. The molecule has 72 valence electrons. The molecule has 1 atom stereocenters. The molecule has 0 bridgehead atoms. The molecule has 0 aliphatic rings. The van der Waals surface area contributed by atoms with Gasteiger partial charge in [-0.2, -0.15) is 0 Å². The van der Waals surface area contributed by atoms with E-state index in [0.717, 1.165) is 16.8 Å². The van der Waals surface area contributed by atoms with Crippen molar-refractivity contribution in [1.29, 1.82) is 0 Å². The van der Waals surface area contributed by atoms with E-state index in [9.17, 15) is 0 Å². The minimum absolute atomic E-state index is 0.459. The van der Waals surface area contributed by atoms with E-state index in [2.05, 4.69) is 45.1 Å². The van der Waals surface area contributed by atoms with Gasteiger partial charge in [0.1, 0.15) is 10.4 Å². The normalized spacial score (nSPS) is 12.5. The molecule has 1 rings (SSSR count). The lowest BCUT2D eigenvalue weighted by molar-refractivity contribution is 0.687. The number of halogens is 1. The third-order valence-electron chi connectivity index (χ3n) is 1.74. The molecule has 0 fully saturated rings. The van der Waals surface area contributed by atoms with E-state index in [-0.39, 0.29) is 0 Å². The first-order valence-corrected chi connectivity index (χ1v) is 5.25. The van der Waals surface area contributed by atoms with Crippen LogP contribution in [0.4, 0.5) is 5.82 Å². The summed E-state index contributed by atoms with van der Waals surface area (Å²) < 4.78 is 0.765. The van der Waals surface area contributed by atoms with E-state index >= 15 is 0 Å². The Morgan fingerprint density at radius 3 is 2.77 bits per heavy atom. The van der Waals surface area contributed by atoms with E-state index < -0.39 is 0 Å². The van der Waals surface area contributed by atoms with Crippen LogP contribution in [-0.4, -0.2) is 16.0 Å². The van der Waals surface area contributed by atoms with Crippen LogP contribution in [0.1, 0.15) is 26.7 Å². The standard InChI is InChI=1S/C9H14BrN3/c1-3-4-7(2)13-9-6-11-8(10)5-12-9/h5-7H,3-4H2,1-2H3,(H,12,13). The van der Waals surface area contributed by atoms with Crippen molar-refractivity contribution in [2.75, 3.05) is 5.32 Å². The summed E-state index contributed by atoms with van der Waals surface area (Å²) in [5.41, 5.74) is 0. The average molecular weight is 244 g/mol. The summed E-state index contributed by atoms with van der Waals surface area (Å²) in [4.78, 5) is 8.26. The van der Waals surface area contributed by atoms with Crippen molar-refractivity contribution in [3.05, 3.63) is 17.0 Å². The lowest BCUT2D eigenvalue weighted by Crippen LogP contribution is -2.15. The molecular formula is C9H14BrN3. The molecule has 0 aromatic carbocycles. The molecule has 1 aromatic rings. The van der Waals surface area contributed by atoms with E-state index in [1.807, 2.05) is 0 Å². The van der Waals surface area contributed by atoms with Crippen molar-refractivity contribution in [1.82, 2.24) is 9.97 Å². The largest absolute Gasteiger partial charge is 0.366 e. The predicted octanol–water partition coefficient (Wildman–Crippen LogP) is 2.84. The first kappa shape index (κ1) is 10.4.